The van der Waals surface area contributed by atoms with E-state index >= 15 is 0 Å². The van der Waals surface area contributed by atoms with Crippen LogP contribution in [0.4, 0.5) is 0 Å². The standard InChI is InChI=1S/C12H16N2O/c1-10-4-3-7-14(9-10)12(15)11-5-2-6-13-8-11/h2,5-6,8,10H,3-4,7,9H2,1H3. The van der Waals surface area contributed by atoms with Gasteiger partial charge in [-0.25, -0.2) is 0 Å². The molecule has 3 nitrogen and oxygen atoms in total. The minimum Gasteiger partial charge on any atom is -0.338 e. The van der Waals surface area contributed by atoms with Gasteiger partial charge in [0, 0.05) is 25.5 Å². The van der Waals surface area contributed by atoms with Crippen molar-refractivity contribution in [3.05, 3.63) is 30.1 Å². The van der Waals surface area contributed by atoms with Crippen molar-refractivity contribution in [1.29, 1.82) is 0 Å². The number of rotatable bonds is 1. The fourth-order valence-electron chi connectivity index (χ4n) is 2.05. The molecule has 3 heteroatoms. The van der Waals surface area contributed by atoms with E-state index in [-0.39, 0.29) is 5.91 Å². The van der Waals surface area contributed by atoms with Crippen molar-refractivity contribution in [2.45, 2.75) is 19.8 Å². The van der Waals surface area contributed by atoms with E-state index < -0.39 is 0 Å². The summed E-state index contributed by atoms with van der Waals surface area (Å²) in [5.74, 6) is 0.744. The topological polar surface area (TPSA) is 33.2 Å². The predicted octanol–water partition coefficient (Wildman–Crippen LogP) is 1.95. The van der Waals surface area contributed by atoms with Gasteiger partial charge in [0.15, 0.2) is 0 Å². The van der Waals surface area contributed by atoms with E-state index in [1.165, 1.54) is 6.42 Å². The molecule has 15 heavy (non-hydrogen) atoms. The monoisotopic (exact) mass is 204 g/mol. The van der Waals surface area contributed by atoms with Crippen LogP contribution in [0.3, 0.4) is 0 Å². The summed E-state index contributed by atoms with van der Waals surface area (Å²) in [5, 5.41) is 0. The molecule has 0 radical (unpaired) electrons. The number of nitrogens with zero attached hydrogens (tertiary/aromatic N) is 2. The van der Waals surface area contributed by atoms with Crippen LogP contribution in [0.1, 0.15) is 30.1 Å². The van der Waals surface area contributed by atoms with E-state index in [1.807, 2.05) is 11.0 Å². The van der Waals surface area contributed by atoms with Gasteiger partial charge in [0.1, 0.15) is 0 Å². The normalized spacial score (nSPS) is 21.4. The van der Waals surface area contributed by atoms with Gasteiger partial charge in [-0.15, -0.1) is 0 Å². The van der Waals surface area contributed by atoms with E-state index in [1.54, 1.807) is 18.5 Å². The highest BCUT2D eigenvalue weighted by atomic mass is 16.2. The largest absolute Gasteiger partial charge is 0.338 e. The van der Waals surface area contributed by atoms with E-state index in [9.17, 15) is 4.79 Å². The van der Waals surface area contributed by atoms with Gasteiger partial charge < -0.3 is 4.90 Å². The summed E-state index contributed by atoms with van der Waals surface area (Å²) >= 11 is 0. The lowest BCUT2D eigenvalue weighted by molar-refractivity contribution is 0.0682. The second kappa shape index (κ2) is 4.43. The number of pyridine rings is 1. The Bertz CT molecular complexity index is 337. The van der Waals surface area contributed by atoms with E-state index in [0.29, 0.717) is 11.5 Å². The molecule has 1 atom stereocenters. The van der Waals surface area contributed by atoms with Gasteiger partial charge in [-0.05, 0) is 30.9 Å². The highest BCUT2D eigenvalue weighted by Crippen LogP contribution is 2.17. The number of amides is 1. The van der Waals surface area contributed by atoms with Gasteiger partial charge in [0.25, 0.3) is 5.91 Å². The van der Waals surface area contributed by atoms with Gasteiger partial charge in [0.05, 0.1) is 5.56 Å². The zero-order chi connectivity index (χ0) is 10.7. The quantitative estimate of drug-likeness (QED) is 0.700. The van der Waals surface area contributed by atoms with Crippen LogP contribution in [0, 0.1) is 5.92 Å². The van der Waals surface area contributed by atoms with Crippen molar-refractivity contribution < 1.29 is 4.79 Å². The molecule has 1 amide bonds. The number of carbonyl (C=O) groups excluding carboxylic acids is 1. The lowest BCUT2D eigenvalue weighted by Gasteiger charge is -2.30. The Morgan fingerprint density at radius 2 is 2.47 bits per heavy atom. The van der Waals surface area contributed by atoms with Crippen LogP contribution in [0.25, 0.3) is 0 Å². The maximum Gasteiger partial charge on any atom is 0.255 e. The SMILES string of the molecule is CC1CCCN(C(=O)c2cccnc2)C1. The molecule has 1 aliphatic heterocycles. The maximum absolute atomic E-state index is 12.0. The van der Waals surface area contributed by atoms with Crippen LogP contribution >= 0.6 is 0 Å². The molecule has 1 aliphatic rings. The molecule has 80 valence electrons. The first-order valence-electron chi connectivity index (χ1n) is 5.46. The number of carbonyl (C=O) groups is 1. The molecule has 1 aromatic heterocycles. The minimum absolute atomic E-state index is 0.120. The summed E-state index contributed by atoms with van der Waals surface area (Å²) in [7, 11) is 0. The Labute approximate surface area is 90.1 Å². The Morgan fingerprint density at radius 1 is 1.60 bits per heavy atom. The van der Waals surface area contributed by atoms with Crippen LogP contribution in [-0.4, -0.2) is 28.9 Å². The second-order valence-electron chi connectivity index (χ2n) is 4.24. The third-order valence-corrected chi connectivity index (χ3v) is 2.85. The van der Waals surface area contributed by atoms with E-state index in [4.69, 9.17) is 0 Å². The molecule has 0 bridgehead atoms. The second-order valence-corrected chi connectivity index (χ2v) is 4.24. The van der Waals surface area contributed by atoms with Gasteiger partial charge in [-0.1, -0.05) is 6.92 Å². The third kappa shape index (κ3) is 2.35. The van der Waals surface area contributed by atoms with Crippen molar-refractivity contribution in [1.82, 2.24) is 9.88 Å². The molecule has 0 aromatic carbocycles. The molecule has 2 rings (SSSR count). The number of likely N-dealkylation sites (tertiary alicyclic amines) is 1. The molecule has 0 spiro atoms. The summed E-state index contributed by atoms with van der Waals surface area (Å²) in [6.45, 7) is 3.97. The average molecular weight is 204 g/mol. The Balaban J connectivity index is 2.08. The van der Waals surface area contributed by atoms with Crippen molar-refractivity contribution in [3.63, 3.8) is 0 Å². The summed E-state index contributed by atoms with van der Waals surface area (Å²) in [6.07, 6.45) is 5.68. The van der Waals surface area contributed by atoms with Crippen molar-refractivity contribution in [2.75, 3.05) is 13.1 Å². The number of aromatic nitrogens is 1. The lowest BCUT2D eigenvalue weighted by atomic mass is 10.00. The predicted molar refractivity (Wildman–Crippen MR) is 58.5 cm³/mol. The van der Waals surface area contributed by atoms with E-state index in [2.05, 4.69) is 11.9 Å². The van der Waals surface area contributed by atoms with Crippen LogP contribution in [0.15, 0.2) is 24.5 Å². The average Bonchev–Trinajstić information content (AvgIpc) is 2.29. The van der Waals surface area contributed by atoms with E-state index in [0.717, 1.165) is 19.5 Å². The maximum atomic E-state index is 12.0. The van der Waals surface area contributed by atoms with Crippen LogP contribution in [0.2, 0.25) is 0 Å². The van der Waals surface area contributed by atoms with Crippen LogP contribution < -0.4 is 0 Å². The number of piperidine rings is 1. The smallest absolute Gasteiger partial charge is 0.255 e. The van der Waals surface area contributed by atoms with Gasteiger partial charge in [-0.3, -0.25) is 9.78 Å². The van der Waals surface area contributed by atoms with Crippen molar-refractivity contribution >= 4 is 5.91 Å². The van der Waals surface area contributed by atoms with Gasteiger partial charge >= 0.3 is 0 Å². The fraction of sp³-hybridized carbons (Fsp3) is 0.500. The Hall–Kier alpha value is -1.38. The lowest BCUT2D eigenvalue weighted by Crippen LogP contribution is -2.39. The fourth-order valence-corrected chi connectivity index (χ4v) is 2.05. The van der Waals surface area contributed by atoms with Crippen LogP contribution in [0.5, 0.6) is 0 Å². The highest BCUT2D eigenvalue weighted by Gasteiger charge is 2.21. The molecule has 1 fully saturated rings. The zero-order valence-electron chi connectivity index (χ0n) is 9.02. The van der Waals surface area contributed by atoms with Crippen molar-refractivity contribution in [3.8, 4) is 0 Å². The summed E-state index contributed by atoms with van der Waals surface area (Å²) in [6, 6.07) is 3.63. The zero-order valence-corrected chi connectivity index (χ0v) is 9.02. The van der Waals surface area contributed by atoms with Crippen molar-refractivity contribution in [2.24, 2.45) is 5.92 Å². The minimum atomic E-state index is 0.120. The third-order valence-electron chi connectivity index (χ3n) is 2.85. The number of hydrogen-bond donors (Lipinski definition) is 0. The molecule has 1 saturated heterocycles. The summed E-state index contributed by atoms with van der Waals surface area (Å²) < 4.78 is 0. The molecule has 0 aliphatic carbocycles. The van der Waals surface area contributed by atoms with Crippen LogP contribution in [-0.2, 0) is 0 Å². The van der Waals surface area contributed by atoms with Gasteiger partial charge in [-0.2, -0.15) is 0 Å². The first kappa shape index (κ1) is 10.1. The highest BCUT2D eigenvalue weighted by molar-refractivity contribution is 5.93. The first-order chi connectivity index (χ1) is 7.27. The molecule has 1 aromatic rings. The molecule has 0 saturated carbocycles. The molecule has 2 heterocycles. The van der Waals surface area contributed by atoms with Gasteiger partial charge in [0.2, 0.25) is 0 Å². The number of hydrogen-bond acceptors (Lipinski definition) is 2. The molecular formula is C12H16N2O. The summed E-state index contributed by atoms with van der Waals surface area (Å²) in [5.41, 5.74) is 0.701. The Kier molecular flexibility index (Phi) is 2.99. The Morgan fingerprint density at radius 3 is 3.13 bits per heavy atom. The molecular weight excluding hydrogens is 188 g/mol. The summed E-state index contributed by atoms with van der Waals surface area (Å²) in [4.78, 5) is 17.9. The molecule has 1 unspecified atom stereocenters. The first-order valence-corrected chi connectivity index (χ1v) is 5.46. The molecule has 0 N–H and O–H groups in total.